The van der Waals surface area contributed by atoms with E-state index in [2.05, 4.69) is 22.4 Å². The number of aromatic nitrogens is 1. The van der Waals surface area contributed by atoms with E-state index < -0.39 is 0 Å². The molecule has 1 N–H and O–H groups in total. The molecule has 1 aromatic carbocycles. The monoisotopic (exact) mass is 300 g/mol. The SMILES string of the molecule is Cc1nc(Cc2ccccc2)sc1C(=O)NC1CCCC1. The first-order valence-electron chi connectivity index (χ1n) is 7.53. The number of nitrogens with one attached hydrogen (secondary N) is 1. The van der Waals surface area contributed by atoms with Crippen LogP contribution >= 0.6 is 11.3 Å². The second-order valence-electron chi connectivity index (χ2n) is 5.64. The second kappa shape index (κ2) is 6.39. The van der Waals surface area contributed by atoms with Gasteiger partial charge in [-0.25, -0.2) is 4.98 Å². The van der Waals surface area contributed by atoms with Gasteiger partial charge in [-0.1, -0.05) is 43.2 Å². The highest BCUT2D eigenvalue weighted by Gasteiger charge is 2.21. The number of rotatable bonds is 4. The Hall–Kier alpha value is -1.68. The van der Waals surface area contributed by atoms with E-state index in [9.17, 15) is 4.79 Å². The van der Waals surface area contributed by atoms with Crippen molar-refractivity contribution < 1.29 is 4.79 Å². The second-order valence-corrected chi connectivity index (χ2v) is 6.72. The van der Waals surface area contributed by atoms with Crippen molar-refractivity contribution in [3.05, 3.63) is 51.5 Å². The van der Waals surface area contributed by atoms with Gasteiger partial charge in [0.1, 0.15) is 4.88 Å². The molecule has 0 unspecified atom stereocenters. The molecule has 2 aromatic rings. The minimum Gasteiger partial charge on any atom is -0.349 e. The third-order valence-electron chi connectivity index (χ3n) is 3.94. The van der Waals surface area contributed by atoms with E-state index in [4.69, 9.17) is 0 Å². The highest BCUT2D eigenvalue weighted by molar-refractivity contribution is 7.13. The van der Waals surface area contributed by atoms with Crippen molar-refractivity contribution in [1.29, 1.82) is 0 Å². The number of hydrogen-bond donors (Lipinski definition) is 1. The van der Waals surface area contributed by atoms with Crippen LogP contribution in [0.3, 0.4) is 0 Å². The zero-order chi connectivity index (χ0) is 14.7. The molecule has 1 heterocycles. The summed E-state index contributed by atoms with van der Waals surface area (Å²) in [6.07, 6.45) is 5.47. The summed E-state index contributed by atoms with van der Waals surface area (Å²) in [5, 5.41) is 4.15. The molecule has 3 nitrogen and oxygen atoms in total. The number of hydrogen-bond acceptors (Lipinski definition) is 3. The summed E-state index contributed by atoms with van der Waals surface area (Å²) in [5.41, 5.74) is 2.08. The van der Waals surface area contributed by atoms with Gasteiger partial charge < -0.3 is 5.32 Å². The predicted octanol–water partition coefficient (Wildman–Crippen LogP) is 3.71. The van der Waals surface area contributed by atoms with Gasteiger partial charge in [-0.3, -0.25) is 4.79 Å². The van der Waals surface area contributed by atoms with Crippen LogP contribution in [0, 0.1) is 6.92 Å². The predicted molar refractivity (Wildman–Crippen MR) is 85.8 cm³/mol. The molecule has 0 aliphatic heterocycles. The molecule has 4 heteroatoms. The normalized spacial score (nSPS) is 15.3. The molecule has 0 atom stereocenters. The van der Waals surface area contributed by atoms with Crippen molar-refractivity contribution >= 4 is 17.2 Å². The van der Waals surface area contributed by atoms with Crippen LogP contribution in [0.1, 0.15) is 51.6 Å². The maximum atomic E-state index is 12.3. The van der Waals surface area contributed by atoms with Gasteiger partial charge in [-0.05, 0) is 25.3 Å². The molecule has 3 rings (SSSR count). The van der Waals surface area contributed by atoms with Crippen molar-refractivity contribution in [2.75, 3.05) is 0 Å². The first-order chi connectivity index (χ1) is 10.2. The van der Waals surface area contributed by atoms with Gasteiger partial charge >= 0.3 is 0 Å². The minimum absolute atomic E-state index is 0.0520. The van der Waals surface area contributed by atoms with Crippen molar-refractivity contribution in [2.24, 2.45) is 0 Å². The standard InChI is InChI=1S/C17H20N2OS/c1-12-16(17(20)19-14-9-5-6-10-14)21-15(18-12)11-13-7-3-2-4-8-13/h2-4,7-8,14H,5-6,9-11H2,1H3,(H,19,20). The molecule has 0 bridgehead atoms. The number of aryl methyl sites for hydroxylation is 1. The third-order valence-corrected chi connectivity index (χ3v) is 5.09. The molecule has 1 saturated carbocycles. The van der Waals surface area contributed by atoms with Crippen LogP contribution in [0.25, 0.3) is 0 Å². The number of thiazole rings is 1. The lowest BCUT2D eigenvalue weighted by Crippen LogP contribution is -2.32. The zero-order valence-electron chi connectivity index (χ0n) is 12.3. The Morgan fingerprint density at radius 2 is 2.00 bits per heavy atom. The molecule has 0 radical (unpaired) electrons. The number of carbonyl (C=O) groups is 1. The Morgan fingerprint density at radius 3 is 2.71 bits per heavy atom. The van der Waals surface area contributed by atoms with Gasteiger partial charge in [-0.2, -0.15) is 0 Å². The van der Waals surface area contributed by atoms with Crippen LogP contribution in [0.15, 0.2) is 30.3 Å². The summed E-state index contributed by atoms with van der Waals surface area (Å²) in [5.74, 6) is 0.0520. The summed E-state index contributed by atoms with van der Waals surface area (Å²) in [6, 6.07) is 10.6. The molecular weight excluding hydrogens is 280 g/mol. The Morgan fingerprint density at radius 1 is 1.29 bits per heavy atom. The Kier molecular flexibility index (Phi) is 4.34. The van der Waals surface area contributed by atoms with Crippen LogP contribution in [0.5, 0.6) is 0 Å². The molecule has 1 fully saturated rings. The molecule has 1 aliphatic carbocycles. The first kappa shape index (κ1) is 14.3. The van der Waals surface area contributed by atoms with Crippen LogP contribution < -0.4 is 5.32 Å². The molecule has 1 aliphatic rings. The Balaban J connectivity index is 1.70. The topological polar surface area (TPSA) is 42.0 Å². The molecule has 110 valence electrons. The van der Waals surface area contributed by atoms with Gasteiger partial charge in [0.2, 0.25) is 0 Å². The number of benzene rings is 1. The highest BCUT2D eigenvalue weighted by atomic mass is 32.1. The van der Waals surface area contributed by atoms with E-state index in [0.29, 0.717) is 6.04 Å². The van der Waals surface area contributed by atoms with Crippen molar-refractivity contribution in [3.8, 4) is 0 Å². The number of carbonyl (C=O) groups excluding carboxylic acids is 1. The first-order valence-corrected chi connectivity index (χ1v) is 8.35. The molecule has 0 spiro atoms. The molecule has 21 heavy (non-hydrogen) atoms. The van der Waals surface area contributed by atoms with Crippen LogP contribution in [-0.2, 0) is 6.42 Å². The fourth-order valence-corrected chi connectivity index (χ4v) is 3.83. The van der Waals surface area contributed by atoms with E-state index in [-0.39, 0.29) is 5.91 Å². The Labute approximate surface area is 129 Å². The van der Waals surface area contributed by atoms with Gasteiger partial charge in [0.15, 0.2) is 0 Å². The Bertz CT molecular complexity index is 615. The van der Waals surface area contributed by atoms with Gasteiger partial charge in [0, 0.05) is 12.5 Å². The lowest BCUT2D eigenvalue weighted by atomic mass is 10.2. The third kappa shape index (κ3) is 3.50. The van der Waals surface area contributed by atoms with Gasteiger partial charge in [0.05, 0.1) is 10.7 Å². The van der Waals surface area contributed by atoms with E-state index in [1.54, 1.807) is 0 Å². The van der Waals surface area contributed by atoms with E-state index in [0.717, 1.165) is 34.8 Å². The molecule has 1 amide bonds. The highest BCUT2D eigenvalue weighted by Crippen LogP contribution is 2.23. The summed E-state index contributed by atoms with van der Waals surface area (Å²) in [7, 11) is 0. The summed E-state index contributed by atoms with van der Waals surface area (Å²) in [4.78, 5) is 17.7. The molecule has 1 aromatic heterocycles. The number of nitrogens with zero attached hydrogens (tertiary/aromatic N) is 1. The maximum Gasteiger partial charge on any atom is 0.263 e. The molecular formula is C17H20N2OS. The van der Waals surface area contributed by atoms with Crippen molar-refractivity contribution in [1.82, 2.24) is 10.3 Å². The van der Waals surface area contributed by atoms with E-state index >= 15 is 0 Å². The average Bonchev–Trinajstić information content (AvgIpc) is 3.10. The maximum absolute atomic E-state index is 12.3. The van der Waals surface area contributed by atoms with Crippen molar-refractivity contribution in [2.45, 2.75) is 45.1 Å². The lowest BCUT2D eigenvalue weighted by Gasteiger charge is -2.10. The fourth-order valence-electron chi connectivity index (χ4n) is 2.83. The quantitative estimate of drug-likeness (QED) is 0.935. The average molecular weight is 300 g/mol. The summed E-state index contributed by atoms with van der Waals surface area (Å²) in [6.45, 7) is 1.93. The van der Waals surface area contributed by atoms with Crippen molar-refractivity contribution in [3.63, 3.8) is 0 Å². The van der Waals surface area contributed by atoms with Crippen LogP contribution in [0.2, 0.25) is 0 Å². The smallest absolute Gasteiger partial charge is 0.263 e. The zero-order valence-corrected chi connectivity index (χ0v) is 13.1. The van der Waals surface area contributed by atoms with E-state index in [1.165, 1.54) is 29.7 Å². The van der Waals surface area contributed by atoms with E-state index in [1.807, 2.05) is 25.1 Å². The van der Waals surface area contributed by atoms with Crippen LogP contribution in [0.4, 0.5) is 0 Å². The largest absolute Gasteiger partial charge is 0.349 e. The van der Waals surface area contributed by atoms with Gasteiger partial charge in [0.25, 0.3) is 5.91 Å². The number of amides is 1. The molecule has 0 saturated heterocycles. The van der Waals surface area contributed by atoms with Crippen LogP contribution in [-0.4, -0.2) is 16.9 Å². The minimum atomic E-state index is 0.0520. The lowest BCUT2D eigenvalue weighted by molar-refractivity contribution is 0.0941. The summed E-state index contributed by atoms with van der Waals surface area (Å²) < 4.78 is 0. The summed E-state index contributed by atoms with van der Waals surface area (Å²) >= 11 is 1.52. The fraction of sp³-hybridized carbons (Fsp3) is 0.412. The van der Waals surface area contributed by atoms with Gasteiger partial charge in [-0.15, -0.1) is 11.3 Å².